The zero-order valence-electron chi connectivity index (χ0n) is 8.67. The van der Waals surface area contributed by atoms with Crippen molar-refractivity contribution in [1.82, 2.24) is 10.3 Å². The third-order valence-electron chi connectivity index (χ3n) is 2.40. The van der Waals surface area contributed by atoms with Gasteiger partial charge in [-0.05, 0) is 6.92 Å². The fraction of sp³-hybridized carbons (Fsp3) is 0.700. The van der Waals surface area contributed by atoms with E-state index >= 15 is 0 Å². The molecule has 78 valence electrons. The van der Waals surface area contributed by atoms with Gasteiger partial charge in [-0.15, -0.1) is 11.3 Å². The average molecular weight is 212 g/mol. The Labute approximate surface area is 88.5 Å². The van der Waals surface area contributed by atoms with Gasteiger partial charge in [-0.1, -0.05) is 6.92 Å². The number of ether oxygens (including phenoxy) is 1. The van der Waals surface area contributed by atoms with Crippen LogP contribution in [0, 0.1) is 12.3 Å². The summed E-state index contributed by atoms with van der Waals surface area (Å²) in [6.45, 7) is 7.95. The predicted molar refractivity (Wildman–Crippen MR) is 57.5 cm³/mol. The van der Waals surface area contributed by atoms with Crippen molar-refractivity contribution < 1.29 is 4.74 Å². The minimum Gasteiger partial charge on any atom is -0.380 e. The van der Waals surface area contributed by atoms with Gasteiger partial charge in [0, 0.05) is 29.6 Å². The molecular formula is C10H16N2OS. The summed E-state index contributed by atoms with van der Waals surface area (Å²) >= 11 is 1.72. The van der Waals surface area contributed by atoms with Gasteiger partial charge in [0.25, 0.3) is 0 Å². The van der Waals surface area contributed by atoms with Crippen LogP contribution in [0.3, 0.4) is 0 Å². The van der Waals surface area contributed by atoms with E-state index < -0.39 is 0 Å². The van der Waals surface area contributed by atoms with Gasteiger partial charge in [0.2, 0.25) is 0 Å². The van der Waals surface area contributed by atoms with Crippen LogP contribution in [0.2, 0.25) is 0 Å². The summed E-state index contributed by atoms with van der Waals surface area (Å²) < 4.78 is 5.19. The number of aromatic nitrogens is 1. The van der Waals surface area contributed by atoms with Gasteiger partial charge in [0.15, 0.2) is 0 Å². The summed E-state index contributed by atoms with van der Waals surface area (Å²) in [5, 5.41) is 6.69. The topological polar surface area (TPSA) is 34.1 Å². The fourth-order valence-corrected chi connectivity index (χ4v) is 2.25. The summed E-state index contributed by atoms with van der Waals surface area (Å²) in [5.74, 6) is 0. The molecule has 0 unspecified atom stereocenters. The van der Waals surface area contributed by atoms with Crippen LogP contribution in [-0.2, 0) is 11.3 Å². The second kappa shape index (κ2) is 3.96. The van der Waals surface area contributed by atoms with Gasteiger partial charge in [0.05, 0.1) is 13.2 Å². The molecule has 1 aliphatic rings. The van der Waals surface area contributed by atoms with Crippen LogP contribution >= 0.6 is 11.3 Å². The zero-order valence-corrected chi connectivity index (χ0v) is 9.49. The fourth-order valence-electron chi connectivity index (χ4n) is 1.51. The molecule has 0 radical (unpaired) electrons. The van der Waals surface area contributed by atoms with Crippen molar-refractivity contribution in [1.29, 1.82) is 0 Å². The van der Waals surface area contributed by atoms with E-state index in [9.17, 15) is 0 Å². The SMILES string of the molecule is Cc1csc(CNCC2(C)COC2)n1. The lowest BCUT2D eigenvalue weighted by Gasteiger charge is -2.38. The summed E-state index contributed by atoms with van der Waals surface area (Å²) in [7, 11) is 0. The normalized spacial score (nSPS) is 19.3. The smallest absolute Gasteiger partial charge is 0.107 e. The van der Waals surface area contributed by atoms with E-state index in [4.69, 9.17) is 4.74 Å². The van der Waals surface area contributed by atoms with Crippen molar-refractivity contribution in [3.05, 3.63) is 16.1 Å². The lowest BCUT2D eigenvalue weighted by molar-refractivity contribution is -0.0991. The van der Waals surface area contributed by atoms with Gasteiger partial charge < -0.3 is 10.1 Å². The van der Waals surface area contributed by atoms with E-state index in [0.29, 0.717) is 5.41 Å². The molecule has 0 bridgehead atoms. The van der Waals surface area contributed by atoms with Crippen LogP contribution < -0.4 is 5.32 Å². The van der Waals surface area contributed by atoms with Crippen molar-refractivity contribution in [3.8, 4) is 0 Å². The average Bonchev–Trinajstić information content (AvgIpc) is 2.49. The van der Waals surface area contributed by atoms with Crippen LogP contribution in [0.4, 0.5) is 0 Å². The predicted octanol–water partition coefficient (Wildman–Crippen LogP) is 1.58. The third-order valence-corrected chi connectivity index (χ3v) is 3.36. The molecular weight excluding hydrogens is 196 g/mol. The zero-order chi connectivity index (χ0) is 10.0. The highest BCUT2D eigenvalue weighted by Gasteiger charge is 2.32. The molecule has 2 rings (SSSR count). The maximum atomic E-state index is 5.19. The van der Waals surface area contributed by atoms with Gasteiger partial charge in [0.1, 0.15) is 5.01 Å². The molecule has 3 nitrogen and oxygen atoms in total. The molecule has 2 heterocycles. The van der Waals surface area contributed by atoms with Gasteiger partial charge in [-0.3, -0.25) is 0 Å². The standard InChI is InChI=1S/C10H16N2OS/c1-8-4-14-9(12-8)3-11-5-10(2)6-13-7-10/h4,11H,3,5-7H2,1-2H3. The molecule has 0 aromatic carbocycles. The maximum Gasteiger partial charge on any atom is 0.107 e. The van der Waals surface area contributed by atoms with Crippen molar-refractivity contribution in [3.63, 3.8) is 0 Å². The summed E-state index contributed by atoms with van der Waals surface area (Å²) in [6, 6.07) is 0. The number of nitrogens with one attached hydrogen (secondary N) is 1. The van der Waals surface area contributed by atoms with E-state index in [1.807, 2.05) is 6.92 Å². The molecule has 1 aromatic heterocycles. The van der Waals surface area contributed by atoms with E-state index in [-0.39, 0.29) is 0 Å². The van der Waals surface area contributed by atoms with Gasteiger partial charge >= 0.3 is 0 Å². The Hall–Kier alpha value is -0.450. The summed E-state index contributed by atoms with van der Waals surface area (Å²) in [5.41, 5.74) is 1.47. The highest BCUT2D eigenvalue weighted by molar-refractivity contribution is 7.09. The first-order valence-corrected chi connectivity index (χ1v) is 5.75. The summed E-state index contributed by atoms with van der Waals surface area (Å²) in [6.07, 6.45) is 0. The van der Waals surface area contributed by atoms with E-state index in [1.54, 1.807) is 11.3 Å². The second-order valence-electron chi connectivity index (χ2n) is 4.29. The molecule has 1 N–H and O–H groups in total. The largest absolute Gasteiger partial charge is 0.380 e. The van der Waals surface area contributed by atoms with Gasteiger partial charge in [-0.25, -0.2) is 4.98 Å². The Kier molecular flexibility index (Phi) is 2.85. The molecule has 0 saturated carbocycles. The van der Waals surface area contributed by atoms with Crippen LogP contribution in [0.25, 0.3) is 0 Å². The van der Waals surface area contributed by atoms with Crippen molar-refractivity contribution in [2.75, 3.05) is 19.8 Å². The van der Waals surface area contributed by atoms with Crippen LogP contribution in [-0.4, -0.2) is 24.7 Å². The van der Waals surface area contributed by atoms with Crippen molar-refractivity contribution in [2.24, 2.45) is 5.41 Å². The van der Waals surface area contributed by atoms with Crippen LogP contribution in [0.15, 0.2) is 5.38 Å². The number of hydrogen-bond acceptors (Lipinski definition) is 4. The van der Waals surface area contributed by atoms with E-state index in [2.05, 4.69) is 22.6 Å². The molecule has 0 amide bonds. The quantitative estimate of drug-likeness (QED) is 0.822. The Morgan fingerprint density at radius 2 is 2.43 bits per heavy atom. The lowest BCUT2D eigenvalue weighted by atomic mass is 9.89. The van der Waals surface area contributed by atoms with E-state index in [1.165, 1.54) is 5.01 Å². The first-order valence-electron chi connectivity index (χ1n) is 4.87. The highest BCUT2D eigenvalue weighted by Crippen LogP contribution is 2.25. The van der Waals surface area contributed by atoms with Crippen molar-refractivity contribution in [2.45, 2.75) is 20.4 Å². The Morgan fingerprint density at radius 1 is 1.64 bits per heavy atom. The minimum absolute atomic E-state index is 0.353. The highest BCUT2D eigenvalue weighted by atomic mass is 32.1. The number of hydrogen-bond donors (Lipinski definition) is 1. The number of thiazole rings is 1. The number of aryl methyl sites for hydroxylation is 1. The molecule has 14 heavy (non-hydrogen) atoms. The Bertz CT molecular complexity index is 307. The van der Waals surface area contributed by atoms with Crippen molar-refractivity contribution >= 4 is 11.3 Å². The third kappa shape index (κ3) is 2.32. The molecule has 0 atom stereocenters. The molecule has 1 fully saturated rings. The molecule has 1 aliphatic heterocycles. The lowest BCUT2D eigenvalue weighted by Crippen LogP contribution is -2.47. The minimum atomic E-state index is 0.353. The molecule has 0 spiro atoms. The molecule has 0 aliphatic carbocycles. The number of nitrogens with zero attached hydrogens (tertiary/aromatic N) is 1. The molecule has 1 aromatic rings. The number of rotatable bonds is 4. The Balaban J connectivity index is 1.72. The van der Waals surface area contributed by atoms with Crippen LogP contribution in [0.5, 0.6) is 0 Å². The Morgan fingerprint density at radius 3 is 2.93 bits per heavy atom. The van der Waals surface area contributed by atoms with Gasteiger partial charge in [-0.2, -0.15) is 0 Å². The second-order valence-corrected chi connectivity index (χ2v) is 5.23. The maximum absolute atomic E-state index is 5.19. The summed E-state index contributed by atoms with van der Waals surface area (Å²) in [4.78, 5) is 4.40. The van der Waals surface area contributed by atoms with Crippen LogP contribution in [0.1, 0.15) is 17.6 Å². The first-order chi connectivity index (χ1) is 6.68. The first kappa shape index (κ1) is 10.1. The monoisotopic (exact) mass is 212 g/mol. The molecule has 1 saturated heterocycles. The van der Waals surface area contributed by atoms with E-state index in [0.717, 1.165) is 32.0 Å². The molecule has 4 heteroatoms.